The number of ether oxygens (including phenoxy) is 1. The van der Waals surface area contributed by atoms with Gasteiger partial charge in [-0.05, 0) is 18.6 Å². The molecule has 1 rings (SSSR count). The van der Waals surface area contributed by atoms with Crippen LogP contribution in [0.2, 0.25) is 0 Å². The first-order valence-corrected chi connectivity index (χ1v) is 4.20. The first kappa shape index (κ1) is 10.0. The predicted octanol–water partition coefficient (Wildman–Crippen LogP) is 0.996. The van der Waals surface area contributed by atoms with Gasteiger partial charge in [-0.1, -0.05) is 12.1 Å². The second kappa shape index (κ2) is 4.25. The third-order valence-corrected chi connectivity index (χ3v) is 2.07. The monoisotopic (exact) mass is 181 g/mol. The molecule has 0 amide bonds. The van der Waals surface area contributed by atoms with Gasteiger partial charge >= 0.3 is 0 Å². The van der Waals surface area contributed by atoms with Gasteiger partial charge in [0, 0.05) is 5.56 Å². The van der Waals surface area contributed by atoms with Crippen molar-refractivity contribution in [3.8, 4) is 5.75 Å². The Balaban J connectivity index is 3.14. The maximum atomic E-state index is 8.95. The first-order chi connectivity index (χ1) is 6.20. The van der Waals surface area contributed by atoms with Crippen LogP contribution in [-0.4, -0.2) is 18.8 Å². The van der Waals surface area contributed by atoms with Crippen molar-refractivity contribution in [3.05, 3.63) is 29.3 Å². The normalized spacial score (nSPS) is 12.6. The Morgan fingerprint density at radius 1 is 1.54 bits per heavy atom. The summed E-state index contributed by atoms with van der Waals surface area (Å²) in [5.74, 6) is 0.738. The fourth-order valence-electron chi connectivity index (χ4n) is 1.40. The summed E-state index contributed by atoms with van der Waals surface area (Å²) in [7, 11) is 1.60. The van der Waals surface area contributed by atoms with Gasteiger partial charge < -0.3 is 15.6 Å². The van der Waals surface area contributed by atoms with Crippen molar-refractivity contribution in [3.63, 3.8) is 0 Å². The van der Waals surface area contributed by atoms with E-state index in [4.69, 9.17) is 15.6 Å². The van der Waals surface area contributed by atoms with E-state index in [2.05, 4.69) is 0 Å². The molecule has 1 atom stereocenters. The lowest BCUT2D eigenvalue weighted by atomic mass is 10.0. The van der Waals surface area contributed by atoms with Crippen LogP contribution in [0.5, 0.6) is 5.75 Å². The molecule has 0 radical (unpaired) electrons. The van der Waals surface area contributed by atoms with Crippen LogP contribution in [0.25, 0.3) is 0 Å². The smallest absolute Gasteiger partial charge is 0.123 e. The van der Waals surface area contributed by atoms with Crippen LogP contribution in [0, 0.1) is 6.92 Å². The van der Waals surface area contributed by atoms with Crippen molar-refractivity contribution in [2.45, 2.75) is 13.0 Å². The Kier molecular flexibility index (Phi) is 3.28. The van der Waals surface area contributed by atoms with Gasteiger partial charge in [-0.15, -0.1) is 0 Å². The fraction of sp³-hybridized carbons (Fsp3) is 0.400. The van der Waals surface area contributed by atoms with Crippen LogP contribution >= 0.6 is 0 Å². The number of hydrogen-bond donors (Lipinski definition) is 2. The van der Waals surface area contributed by atoms with Crippen molar-refractivity contribution >= 4 is 0 Å². The van der Waals surface area contributed by atoms with Gasteiger partial charge in [-0.25, -0.2) is 0 Å². The summed E-state index contributed by atoms with van der Waals surface area (Å²) in [6.07, 6.45) is 0. The summed E-state index contributed by atoms with van der Waals surface area (Å²) in [4.78, 5) is 0. The Hall–Kier alpha value is -1.06. The van der Waals surface area contributed by atoms with Crippen LogP contribution < -0.4 is 10.5 Å². The number of rotatable bonds is 3. The second-order valence-electron chi connectivity index (χ2n) is 2.98. The van der Waals surface area contributed by atoms with Crippen LogP contribution in [0.15, 0.2) is 18.2 Å². The van der Waals surface area contributed by atoms with Gasteiger partial charge in [-0.2, -0.15) is 0 Å². The Morgan fingerprint density at radius 2 is 2.23 bits per heavy atom. The standard InChI is InChI=1S/C10H15NO2/c1-7-4-3-5-9(13-2)10(7)8(11)6-12/h3-5,8,12H,6,11H2,1-2H3/t8-/m1/s1. The highest BCUT2D eigenvalue weighted by Crippen LogP contribution is 2.26. The van der Waals surface area contributed by atoms with Gasteiger partial charge in [0.05, 0.1) is 19.8 Å². The number of aliphatic hydroxyl groups is 1. The Labute approximate surface area is 78.1 Å². The van der Waals surface area contributed by atoms with E-state index >= 15 is 0 Å². The summed E-state index contributed by atoms with van der Waals surface area (Å²) in [6.45, 7) is 1.88. The minimum absolute atomic E-state index is 0.0682. The molecule has 0 heterocycles. The maximum absolute atomic E-state index is 8.95. The molecular formula is C10H15NO2. The van der Waals surface area contributed by atoms with Crippen LogP contribution in [0.3, 0.4) is 0 Å². The average Bonchev–Trinajstić information content (AvgIpc) is 2.16. The molecule has 0 saturated carbocycles. The molecule has 1 aromatic rings. The number of nitrogens with two attached hydrogens (primary N) is 1. The van der Waals surface area contributed by atoms with Crippen molar-refractivity contribution in [2.75, 3.05) is 13.7 Å². The van der Waals surface area contributed by atoms with E-state index in [1.54, 1.807) is 7.11 Å². The molecule has 0 aromatic heterocycles. The minimum atomic E-state index is -0.365. The molecule has 72 valence electrons. The lowest BCUT2D eigenvalue weighted by molar-refractivity contribution is 0.264. The van der Waals surface area contributed by atoms with E-state index in [0.717, 1.165) is 16.9 Å². The van der Waals surface area contributed by atoms with Gasteiger partial charge in [0.15, 0.2) is 0 Å². The highest BCUT2D eigenvalue weighted by atomic mass is 16.5. The van der Waals surface area contributed by atoms with E-state index in [9.17, 15) is 0 Å². The number of benzene rings is 1. The highest BCUT2D eigenvalue weighted by molar-refractivity contribution is 5.41. The number of aliphatic hydroxyl groups excluding tert-OH is 1. The Bertz CT molecular complexity index is 286. The van der Waals surface area contributed by atoms with Crippen LogP contribution in [-0.2, 0) is 0 Å². The molecule has 13 heavy (non-hydrogen) atoms. The highest BCUT2D eigenvalue weighted by Gasteiger charge is 2.12. The molecule has 3 N–H and O–H groups in total. The third-order valence-electron chi connectivity index (χ3n) is 2.07. The largest absolute Gasteiger partial charge is 0.496 e. The van der Waals surface area contributed by atoms with Crippen molar-refractivity contribution in [2.24, 2.45) is 5.73 Å². The quantitative estimate of drug-likeness (QED) is 0.731. The number of methoxy groups -OCH3 is 1. The molecule has 0 aliphatic rings. The molecule has 3 nitrogen and oxygen atoms in total. The molecule has 0 aliphatic heterocycles. The minimum Gasteiger partial charge on any atom is -0.496 e. The number of hydrogen-bond acceptors (Lipinski definition) is 3. The molecule has 0 aliphatic carbocycles. The fourth-order valence-corrected chi connectivity index (χ4v) is 1.40. The topological polar surface area (TPSA) is 55.5 Å². The zero-order valence-electron chi connectivity index (χ0n) is 7.95. The average molecular weight is 181 g/mol. The molecule has 1 aromatic carbocycles. The molecule has 0 saturated heterocycles. The van der Waals surface area contributed by atoms with Crippen LogP contribution in [0.1, 0.15) is 17.2 Å². The van der Waals surface area contributed by atoms with E-state index in [0.29, 0.717) is 0 Å². The maximum Gasteiger partial charge on any atom is 0.123 e. The van der Waals surface area contributed by atoms with Gasteiger partial charge in [0.2, 0.25) is 0 Å². The third kappa shape index (κ3) is 1.99. The molecule has 0 unspecified atom stereocenters. The molecule has 3 heteroatoms. The van der Waals surface area contributed by atoms with E-state index in [-0.39, 0.29) is 12.6 Å². The van der Waals surface area contributed by atoms with E-state index in [1.807, 2.05) is 25.1 Å². The molecule has 0 fully saturated rings. The summed E-state index contributed by atoms with van der Waals surface area (Å²) in [5.41, 5.74) is 7.67. The van der Waals surface area contributed by atoms with Gasteiger partial charge in [-0.3, -0.25) is 0 Å². The zero-order valence-corrected chi connectivity index (χ0v) is 7.95. The van der Waals surface area contributed by atoms with E-state index < -0.39 is 0 Å². The predicted molar refractivity (Wildman–Crippen MR) is 51.7 cm³/mol. The van der Waals surface area contributed by atoms with Gasteiger partial charge in [0.25, 0.3) is 0 Å². The van der Waals surface area contributed by atoms with Crippen molar-refractivity contribution < 1.29 is 9.84 Å². The molecular weight excluding hydrogens is 166 g/mol. The molecule has 0 spiro atoms. The van der Waals surface area contributed by atoms with Gasteiger partial charge in [0.1, 0.15) is 5.75 Å². The molecule has 0 bridgehead atoms. The first-order valence-electron chi connectivity index (χ1n) is 4.20. The lowest BCUT2D eigenvalue weighted by Gasteiger charge is -2.15. The second-order valence-corrected chi connectivity index (χ2v) is 2.98. The summed E-state index contributed by atoms with van der Waals surface area (Å²) in [6, 6.07) is 5.34. The Morgan fingerprint density at radius 3 is 2.77 bits per heavy atom. The van der Waals surface area contributed by atoms with E-state index in [1.165, 1.54) is 0 Å². The summed E-state index contributed by atoms with van der Waals surface area (Å²) in [5, 5.41) is 8.95. The van der Waals surface area contributed by atoms with Crippen LogP contribution in [0.4, 0.5) is 0 Å². The summed E-state index contributed by atoms with van der Waals surface area (Å²) < 4.78 is 5.16. The zero-order chi connectivity index (χ0) is 9.84. The summed E-state index contributed by atoms with van der Waals surface area (Å²) >= 11 is 0. The SMILES string of the molecule is COc1cccc(C)c1[C@H](N)CO. The lowest BCUT2D eigenvalue weighted by Crippen LogP contribution is -2.16. The van der Waals surface area contributed by atoms with Crippen molar-refractivity contribution in [1.82, 2.24) is 0 Å². The van der Waals surface area contributed by atoms with Crippen molar-refractivity contribution in [1.29, 1.82) is 0 Å². The number of aryl methyl sites for hydroxylation is 1.